The fourth-order valence-corrected chi connectivity index (χ4v) is 1.56. The molecule has 0 aromatic heterocycles. The summed E-state index contributed by atoms with van der Waals surface area (Å²) in [5.41, 5.74) is 0.401. The van der Waals surface area contributed by atoms with Crippen LogP contribution in [0.3, 0.4) is 0 Å². The van der Waals surface area contributed by atoms with E-state index >= 15 is 0 Å². The first-order valence-corrected chi connectivity index (χ1v) is 7.04. The van der Waals surface area contributed by atoms with Crippen LogP contribution in [-0.4, -0.2) is 30.4 Å². The molecule has 0 aliphatic heterocycles. The lowest BCUT2D eigenvalue weighted by molar-refractivity contribution is -0.157. The molecule has 0 unspecified atom stereocenters. The van der Waals surface area contributed by atoms with Crippen LogP contribution in [0.5, 0.6) is 0 Å². The Labute approximate surface area is 129 Å². The van der Waals surface area contributed by atoms with Gasteiger partial charge in [0.05, 0.1) is 12.0 Å². The fraction of sp³-hybridized carbons (Fsp3) is 0.375. The van der Waals surface area contributed by atoms with Gasteiger partial charge < -0.3 is 9.47 Å². The van der Waals surface area contributed by atoms with Crippen LogP contribution < -0.4 is 0 Å². The van der Waals surface area contributed by atoms with Crippen molar-refractivity contribution in [2.24, 2.45) is 4.99 Å². The molecule has 0 radical (unpaired) electrons. The third kappa shape index (κ3) is 6.78. The lowest BCUT2D eigenvalue weighted by Crippen LogP contribution is -2.16. The molecule has 118 valence electrons. The van der Waals surface area contributed by atoms with Crippen molar-refractivity contribution >= 4 is 23.8 Å². The second kappa shape index (κ2) is 9.44. The number of rotatable bonds is 6. The zero-order valence-corrected chi connectivity index (χ0v) is 12.7. The van der Waals surface area contributed by atoms with Crippen LogP contribution in [0, 0.1) is 0 Å². The normalized spacial score (nSPS) is 10.9. The maximum Gasteiger partial charge on any atom is 0.344 e. The van der Waals surface area contributed by atoms with Gasteiger partial charge in [0.25, 0.3) is 0 Å². The van der Waals surface area contributed by atoms with Crippen molar-refractivity contribution in [3.8, 4) is 0 Å². The van der Waals surface area contributed by atoms with E-state index in [0.29, 0.717) is 12.1 Å². The van der Waals surface area contributed by atoms with E-state index in [0.717, 1.165) is 13.3 Å². The summed E-state index contributed by atoms with van der Waals surface area (Å²) in [6, 6.07) is 8.50. The quantitative estimate of drug-likeness (QED) is 0.349. The number of carbonyl (C=O) groups is 3. The monoisotopic (exact) mass is 305 g/mol. The molecule has 0 heterocycles. The van der Waals surface area contributed by atoms with Gasteiger partial charge in [-0.25, -0.2) is 4.79 Å². The number of carbonyl (C=O) groups excluding carboxylic acids is 3. The minimum atomic E-state index is -0.674. The van der Waals surface area contributed by atoms with E-state index < -0.39 is 17.9 Å². The highest BCUT2D eigenvalue weighted by Gasteiger charge is 2.14. The summed E-state index contributed by atoms with van der Waals surface area (Å²) < 4.78 is 9.63. The van der Waals surface area contributed by atoms with Crippen LogP contribution in [0.2, 0.25) is 0 Å². The smallest absolute Gasteiger partial charge is 0.344 e. The van der Waals surface area contributed by atoms with Gasteiger partial charge in [0.1, 0.15) is 0 Å². The highest BCUT2D eigenvalue weighted by Crippen LogP contribution is 2.05. The predicted octanol–water partition coefficient (Wildman–Crippen LogP) is 2.52. The van der Waals surface area contributed by atoms with E-state index in [2.05, 4.69) is 9.73 Å². The molecular formula is C16H19NO5. The third-order valence-corrected chi connectivity index (χ3v) is 2.53. The molecule has 0 atom stereocenters. The summed E-state index contributed by atoms with van der Waals surface area (Å²) in [4.78, 5) is 38.1. The highest BCUT2D eigenvalue weighted by atomic mass is 16.6. The van der Waals surface area contributed by atoms with Crippen molar-refractivity contribution in [2.75, 3.05) is 6.54 Å². The summed E-state index contributed by atoms with van der Waals surface area (Å²) in [5.74, 6) is -1.71. The van der Waals surface area contributed by atoms with E-state index in [9.17, 15) is 14.4 Å². The number of hydrogen-bond acceptors (Lipinski definition) is 6. The van der Waals surface area contributed by atoms with Crippen LogP contribution in [0.15, 0.2) is 35.3 Å². The maximum absolute atomic E-state index is 12.0. The Morgan fingerprint density at radius 3 is 2.32 bits per heavy atom. The first kappa shape index (κ1) is 17.6. The minimum absolute atomic E-state index is 0.0792. The number of ether oxygens (including phenoxy) is 2. The highest BCUT2D eigenvalue weighted by molar-refractivity contribution is 5.99. The van der Waals surface area contributed by atoms with Gasteiger partial charge in [0.2, 0.25) is 0 Å². The first-order chi connectivity index (χ1) is 10.5. The fourth-order valence-electron chi connectivity index (χ4n) is 1.56. The number of esters is 3. The van der Waals surface area contributed by atoms with E-state index in [1.165, 1.54) is 0 Å². The molecular weight excluding hydrogens is 286 g/mol. The lowest BCUT2D eigenvalue weighted by Gasteiger charge is -2.07. The molecule has 6 nitrogen and oxygen atoms in total. The molecule has 0 spiro atoms. The lowest BCUT2D eigenvalue weighted by atomic mass is 10.2. The molecule has 0 aliphatic carbocycles. The average molecular weight is 305 g/mol. The van der Waals surface area contributed by atoms with E-state index in [1.54, 1.807) is 30.3 Å². The SMILES string of the molecule is CCCN=C(CCC(=O)OC(C)=O)OC(=O)c1ccccc1. The van der Waals surface area contributed by atoms with Crippen molar-refractivity contribution < 1.29 is 23.9 Å². The molecule has 0 fully saturated rings. The Balaban J connectivity index is 2.63. The van der Waals surface area contributed by atoms with Crippen LogP contribution in [0.4, 0.5) is 0 Å². The number of nitrogens with zero attached hydrogens (tertiary/aromatic N) is 1. The topological polar surface area (TPSA) is 82.0 Å². The molecule has 0 saturated heterocycles. The van der Waals surface area contributed by atoms with Gasteiger partial charge in [-0.2, -0.15) is 0 Å². The van der Waals surface area contributed by atoms with Gasteiger partial charge >= 0.3 is 17.9 Å². The Morgan fingerprint density at radius 1 is 1.05 bits per heavy atom. The molecule has 6 heteroatoms. The van der Waals surface area contributed by atoms with E-state index in [1.807, 2.05) is 6.92 Å². The van der Waals surface area contributed by atoms with Crippen molar-refractivity contribution in [1.29, 1.82) is 0 Å². The molecule has 0 N–H and O–H groups in total. The zero-order valence-electron chi connectivity index (χ0n) is 12.7. The van der Waals surface area contributed by atoms with Gasteiger partial charge in [-0.15, -0.1) is 0 Å². The minimum Gasteiger partial charge on any atom is -0.408 e. The van der Waals surface area contributed by atoms with Crippen molar-refractivity contribution in [3.05, 3.63) is 35.9 Å². The van der Waals surface area contributed by atoms with Crippen molar-refractivity contribution in [2.45, 2.75) is 33.1 Å². The van der Waals surface area contributed by atoms with Crippen molar-refractivity contribution in [3.63, 3.8) is 0 Å². The standard InChI is InChI=1S/C16H19NO5/c1-3-11-17-14(9-10-15(19)21-12(2)18)22-16(20)13-7-5-4-6-8-13/h4-8H,3,9-11H2,1-2H3. The van der Waals surface area contributed by atoms with Gasteiger partial charge in [-0.1, -0.05) is 25.1 Å². The molecule has 1 rings (SSSR count). The predicted molar refractivity (Wildman–Crippen MR) is 80.5 cm³/mol. The molecule has 1 aromatic carbocycles. The number of aliphatic imine (C=N–C) groups is 1. The summed E-state index contributed by atoms with van der Waals surface area (Å²) >= 11 is 0. The molecule has 0 bridgehead atoms. The summed E-state index contributed by atoms with van der Waals surface area (Å²) in [5, 5.41) is 0. The van der Waals surface area contributed by atoms with E-state index in [-0.39, 0.29) is 18.7 Å². The molecule has 22 heavy (non-hydrogen) atoms. The largest absolute Gasteiger partial charge is 0.408 e. The van der Waals surface area contributed by atoms with Gasteiger partial charge in [-0.05, 0) is 18.6 Å². The van der Waals surface area contributed by atoms with Gasteiger partial charge in [0.15, 0.2) is 5.90 Å². The second-order valence-corrected chi connectivity index (χ2v) is 4.50. The van der Waals surface area contributed by atoms with Crippen LogP contribution in [0.25, 0.3) is 0 Å². The molecule has 0 aliphatic rings. The molecule has 0 saturated carbocycles. The Bertz CT molecular complexity index is 551. The third-order valence-electron chi connectivity index (χ3n) is 2.53. The second-order valence-electron chi connectivity index (χ2n) is 4.50. The number of benzene rings is 1. The molecule has 1 aromatic rings. The van der Waals surface area contributed by atoms with E-state index in [4.69, 9.17) is 4.74 Å². The Kier molecular flexibility index (Phi) is 7.53. The van der Waals surface area contributed by atoms with Crippen LogP contribution in [-0.2, 0) is 19.1 Å². The molecule has 0 amide bonds. The Morgan fingerprint density at radius 2 is 1.73 bits per heavy atom. The Hall–Kier alpha value is -2.50. The van der Waals surface area contributed by atoms with Gasteiger partial charge in [0, 0.05) is 19.9 Å². The summed E-state index contributed by atoms with van der Waals surface area (Å²) in [6.45, 7) is 3.57. The van der Waals surface area contributed by atoms with Crippen LogP contribution >= 0.6 is 0 Å². The van der Waals surface area contributed by atoms with Crippen molar-refractivity contribution in [1.82, 2.24) is 0 Å². The van der Waals surface area contributed by atoms with Gasteiger partial charge in [-0.3, -0.25) is 14.6 Å². The maximum atomic E-state index is 12.0. The zero-order chi connectivity index (χ0) is 16.4. The average Bonchev–Trinajstić information content (AvgIpc) is 2.50. The summed E-state index contributed by atoms with van der Waals surface area (Å²) in [7, 11) is 0. The summed E-state index contributed by atoms with van der Waals surface area (Å²) in [6.07, 6.45) is 0.805. The number of hydrogen-bond donors (Lipinski definition) is 0. The first-order valence-electron chi connectivity index (χ1n) is 7.04. The van der Waals surface area contributed by atoms with Crippen LogP contribution in [0.1, 0.15) is 43.5 Å².